The zero-order valence-electron chi connectivity index (χ0n) is 27.5. The van der Waals surface area contributed by atoms with Gasteiger partial charge in [-0.1, -0.05) is 26.7 Å². The van der Waals surface area contributed by atoms with Gasteiger partial charge in [-0.15, -0.1) is 11.6 Å². The first kappa shape index (κ1) is 35.0. The molecule has 2 bridgehead atoms. The number of rotatable bonds is 9. The first-order valence-electron chi connectivity index (χ1n) is 17.7. The fraction of sp³-hybridized carbons (Fsp3) is 0.909. The SMILES string of the molecule is CCCC1(CC)CCC(Cl)C=NC(C(C(=O)NC2CNCC(F)C2N2CCC(C(=O)N3CCN4CCC3CC4)CC2)C(N)N)C1. The van der Waals surface area contributed by atoms with Crippen LogP contribution in [0.1, 0.15) is 78.1 Å². The van der Waals surface area contributed by atoms with E-state index in [4.69, 9.17) is 28.1 Å². The number of hydrogen-bond acceptors (Lipinski definition) is 8. The summed E-state index contributed by atoms with van der Waals surface area (Å²) in [7, 11) is 0. The lowest BCUT2D eigenvalue weighted by Crippen LogP contribution is -2.67. The number of halogens is 2. The van der Waals surface area contributed by atoms with Crippen molar-refractivity contribution in [2.75, 3.05) is 52.4 Å². The molecule has 0 saturated carbocycles. The average molecular weight is 653 g/mol. The van der Waals surface area contributed by atoms with Crippen LogP contribution in [0.15, 0.2) is 4.99 Å². The Morgan fingerprint density at radius 3 is 2.47 bits per heavy atom. The highest BCUT2D eigenvalue weighted by Gasteiger charge is 2.45. The van der Waals surface area contributed by atoms with Crippen molar-refractivity contribution >= 4 is 29.6 Å². The van der Waals surface area contributed by atoms with E-state index in [0.717, 1.165) is 77.5 Å². The average Bonchev–Trinajstić information content (AvgIpc) is 3.35. The highest BCUT2D eigenvalue weighted by molar-refractivity contribution is 6.28. The lowest BCUT2D eigenvalue weighted by atomic mass is 9.69. The molecule has 5 saturated heterocycles. The fourth-order valence-electron chi connectivity index (χ4n) is 9.03. The van der Waals surface area contributed by atoms with Gasteiger partial charge >= 0.3 is 0 Å². The molecule has 10 nitrogen and oxygen atoms in total. The number of nitrogens with two attached hydrogens (primary N) is 2. The molecule has 0 aromatic heterocycles. The van der Waals surface area contributed by atoms with E-state index in [1.807, 2.05) is 0 Å². The third-order valence-electron chi connectivity index (χ3n) is 11.7. The van der Waals surface area contributed by atoms with Crippen LogP contribution < -0.4 is 22.1 Å². The molecule has 7 unspecified atom stereocenters. The molecule has 0 aromatic carbocycles. The summed E-state index contributed by atoms with van der Waals surface area (Å²) in [5.74, 6) is -0.774. The van der Waals surface area contributed by atoms with E-state index in [9.17, 15) is 9.59 Å². The van der Waals surface area contributed by atoms with Gasteiger partial charge in [0.05, 0.1) is 35.6 Å². The van der Waals surface area contributed by atoms with E-state index >= 15 is 4.39 Å². The smallest absolute Gasteiger partial charge is 0.228 e. The topological polar surface area (TPSA) is 132 Å². The molecule has 0 radical (unpaired) electrons. The van der Waals surface area contributed by atoms with Crippen LogP contribution in [0.5, 0.6) is 0 Å². The van der Waals surface area contributed by atoms with Crippen molar-refractivity contribution in [1.29, 1.82) is 0 Å². The van der Waals surface area contributed by atoms with Gasteiger partial charge in [-0.2, -0.15) is 0 Å². The molecule has 0 spiro atoms. The Hall–Kier alpha value is -1.37. The van der Waals surface area contributed by atoms with Gasteiger partial charge < -0.3 is 31.9 Å². The molecule has 6 aliphatic heterocycles. The maximum atomic E-state index is 15.7. The van der Waals surface area contributed by atoms with Crippen molar-refractivity contribution in [3.8, 4) is 0 Å². The number of carbonyl (C=O) groups excluding carboxylic acids is 2. The second-order valence-electron chi connectivity index (χ2n) is 14.5. The summed E-state index contributed by atoms with van der Waals surface area (Å²) >= 11 is 6.59. The lowest BCUT2D eigenvalue weighted by molar-refractivity contribution is -0.139. The van der Waals surface area contributed by atoms with E-state index in [1.54, 1.807) is 6.21 Å². The van der Waals surface area contributed by atoms with Crippen LogP contribution >= 0.6 is 11.6 Å². The molecule has 7 atom stereocenters. The molecular weight excluding hydrogens is 595 g/mol. The van der Waals surface area contributed by atoms with Crippen molar-refractivity contribution in [3.05, 3.63) is 0 Å². The summed E-state index contributed by atoms with van der Waals surface area (Å²) in [4.78, 5) is 39.2. The van der Waals surface area contributed by atoms with E-state index < -0.39 is 36.4 Å². The Morgan fingerprint density at radius 2 is 1.80 bits per heavy atom. The Bertz CT molecular complexity index is 1020. The van der Waals surface area contributed by atoms with E-state index in [-0.39, 0.29) is 35.1 Å². The van der Waals surface area contributed by atoms with Gasteiger partial charge in [-0.3, -0.25) is 19.5 Å². The van der Waals surface area contributed by atoms with Crippen LogP contribution in [-0.4, -0.2) is 127 Å². The predicted molar refractivity (Wildman–Crippen MR) is 178 cm³/mol. The number of nitrogens with zero attached hydrogens (tertiary/aromatic N) is 4. The Balaban J connectivity index is 1.25. The molecular formula is C33H58ClFN8O2. The zero-order valence-corrected chi connectivity index (χ0v) is 28.3. The van der Waals surface area contributed by atoms with Gasteiger partial charge in [-0.25, -0.2) is 4.39 Å². The van der Waals surface area contributed by atoms with Gasteiger partial charge in [0.25, 0.3) is 0 Å². The highest BCUT2D eigenvalue weighted by atomic mass is 35.5. The van der Waals surface area contributed by atoms with Crippen LogP contribution in [0.25, 0.3) is 0 Å². The maximum Gasteiger partial charge on any atom is 0.228 e. The van der Waals surface area contributed by atoms with Gasteiger partial charge in [0.1, 0.15) is 6.17 Å². The van der Waals surface area contributed by atoms with Crippen LogP contribution in [-0.2, 0) is 9.59 Å². The summed E-state index contributed by atoms with van der Waals surface area (Å²) in [5.41, 5.74) is 12.6. The summed E-state index contributed by atoms with van der Waals surface area (Å²) < 4.78 is 15.7. The lowest BCUT2D eigenvalue weighted by Gasteiger charge is -2.46. The number of likely N-dealkylation sites (tertiary alicyclic amines) is 1. The number of hydrogen-bond donors (Lipinski definition) is 4. The Morgan fingerprint density at radius 1 is 1.07 bits per heavy atom. The van der Waals surface area contributed by atoms with Crippen LogP contribution in [0.4, 0.5) is 4.39 Å². The van der Waals surface area contributed by atoms with E-state index in [2.05, 4.69) is 39.2 Å². The number of carbonyl (C=O) groups is 2. The third-order valence-corrected chi connectivity index (χ3v) is 12.1. The molecule has 0 aromatic rings. The molecule has 2 amide bonds. The third kappa shape index (κ3) is 8.20. The summed E-state index contributed by atoms with van der Waals surface area (Å²) in [6.07, 6.45) is 8.82. The van der Waals surface area contributed by atoms with Crippen molar-refractivity contribution in [1.82, 2.24) is 25.3 Å². The minimum Gasteiger partial charge on any atom is -0.350 e. The van der Waals surface area contributed by atoms with Crippen molar-refractivity contribution in [2.24, 2.45) is 33.7 Å². The fourth-order valence-corrected chi connectivity index (χ4v) is 9.20. The predicted octanol–water partition coefficient (Wildman–Crippen LogP) is 2.09. The van der Waals surface area contributed by atoms with E-state index in [0.29, 0.717) is 38.5 Å². The monoisotopic (exact) mass is 652 g/mol. The molecule has 256 valence electrons. The first-order chi connectivity index (χ1) is 21.6. The molecule has 6 aliphatic rings. The van der Waals surface area contributed by atoms with Gasteiger partial charge in [0.15, 0.2) is 0 Å². The number of aliphatic imine (C=N–C) groups is 1. The zero-order chi connectivity index (χ0) is 32.1. The normalized spacial score (nSPS) is 37.6. The van der Waals surface area contributed by atoms with Gasteiger partial charge in [0, 0.05) is 57.4 Å². The van der Waals surface area contributed by atoms with Crippen molar-refractivity contribution in [3.63, 3.8) is 0 Å². The molecule has 6 rings (SSSR count). The van der Waals surface area contributed by atoms with Crippen LogP contribution in [0, 0.1) is 17.3 Å². The number of amides is 2. The molecule has 12 heteroatoms. The van der Waals surface area contributed by atoms with Crippen molar-refractivity contribution < 1.29 is 14.0 Å². The minimum absolute atomic E-state index is 0.0168. The largest absolute Gasteiger partial charge is 0.350 e. The minimum atomic E-state index is -1.15. The Kier molecular flexibility index (Phi) is 12.2. The molecule has 0 aliphatic carbocycles. The summed E-state index contributed by atoms with van der Waals surface area (Å²) in [6.45, 7) is 10.3. The molecule has 6 N–H and O–H groups in total. The Labute approximate surface area is 274 Å². The summed E-state index contributed by atoms with van der Waals surface area (Å²) in [5, 5.41) is 6.15. The summed E-state index contributed by atoms with van der Waals surface area (Å²) in [6, 6.07) is -0.973. The second kappa shape index (κ2) is 15.7. The first-order valence-corrected chi connectivity index (χ1v) is 18.2. The number of alkyl halides is 2. The van der Waals surface area contributed by atoms with Gasteiger partial charge in [-0.05, 0) is 69.9 Å². The second-order valence-corrected chi connectivity index (χ2v) is 15.1. The highest BCUT2D eigenvalue weighted by Crippen LogP contribution is 2.42. The number of piperidine rings is 3. The van der Waals surface area contributed by atoms with Crippen LogP contribution in [0.3, 0.4) is 0 Å². The van der Waals surface area contributed by atoms with Gasteiger partial charge in [0.2, 0.25) is 11.8 Å². The quantitative estimate of drug-likeness (QED) is 0.222. The number of nitrogens with one attached hydrogen (secondary N) is 2. The van der Waals surface area contributed by atoms with E-state index in [1.165, 1.54) is 0 Å². The molecule has 45 heavy (non-hydrogen) atoms. The number of fused-ring (bicyclic) bond motifs is 4. The van der Waals surface area contributed by atoms with Crippen LogP contribution in [0.2, 0.25) is 0 Å². The molecule has 5 fully saturated rings. The standard InChI is InChI=1S/C33H58ClFN8O2/c1-3-10-33(4-2)11-5-23(34)19-39-26(18-33)28(30(36)37)31(44)40-27-21-38-20-25(35)29(27)42-14-6-22(7-15-42)32(45)43-17-16-41-12-8-24(43)9-13-41/h19,22-30,38H,3-18,20-21,36-37H2,1-2H3,(H,40,44). The maximum absolute atomic E-state index is 15.7. The molecule has 6 heterocycles. The van der Waals surface area contributed by atoms with Crippen molar-refractivity contribution in [2.45, 2.75) is 120 Å².